The van der Waals surface area contributed by atoms with E-state index in [9.17, 15) is 9.59 Å². The standard InChI is InChI=1S/C15H16ClN3O2S/c1-7-8(2)18-19-15(21)11(7)6-17-14(20)10-5-9(10)12-3-4-13(16)22-12/h3-4,9-10H,5-6H2,1-2H3,(H,17,20)(H,19,21)/t9-,10-/m1/s1. The molecule has 1 fully saturated rings. The van der Waals surface area contributed by atoms with Gasteiger partial charge in [0.1, 0.15) is 0 Å². The van der Waals surface area contributed by atoms with Gasteiger partial charge in [-0.3, -0.25) is 9.59 Å². The third kappa shape index (κ3) is 2.94. The van der Waals surface area contributed by atoms with Crippen molar-refractivity contribution in [2.24, 2.45) is 5.92 Å². The summed E-state index contributed by atoms with van der Waals surface area (Å²) < 4.78 is 0.746. The van der Waals surface area contributed by atoms with E-state index in [1.54, 1.807) is 0 Å². The van der Waals surface area contributed by atoms with Gasteiger partial charge in [0.2, 0.25) is 5.91 Å². The zero-order valence-electron chi connectivity index (χ0n) is 12.3. The van der Waals surface area contributed by atoms with Crippen LogP contribution in [0.15, 0.2) is 16.9 Å². The minimum absolute atomic E-state index is 0.0113. The summed E-state index contributed by atoms with van der Waals surface area (Å²) in [6.07, 6.45) is 0.841. The van der Waals surface area contributed by atoms with E-state index in [0.717, 1.165) is 26.9 Å². The summed E-state index contributed by atoms with van der Waals surface area (Å²) >= 11 is 7.45. The molecule has 0 unspecified atom stereocenters. The maximum atomic E-state index is 12.2. The minimum atomic E-state index is -0.249. The van der Waals surface area contributed by atoms with Gasteiger partial charge >= 0.3 is 0 Å². The number of halogens is 1. The molecule has 2 N–H and O–H groups in total. The molecule has 2 atom stereocenters. The Morgan fingerprint density at radius 2 is 2.27 bits per heavy atom. The fraction of sp³-hybridized carbons (Fsp3) is 0.400. The van der Waals surface area contributed by atoms with Gasteiger partial charge < -0.3 is 5.32 Å². The van der Waals surface area contributed by atoms with E-state index in [2.05, 4.69) is 15.5 Å². The third-order valence-corrected chi connectivity index (χ3v) is 5.48. The normalized spacial score (nSPS) is 20.0. The van der Waals surface area contributed by atoms with Gasteiger partial charge in [-0.05, 0) is 38.0 Å². The number of amides is 1. The number of rotatable bonds is 4. The van der Waals surface area contributed by atoms with E-state index < -0.39 is 0 Å². The molecule has 0 bridgehead atoms. The number of aromatic nitrogens is 2. The van der Waals surface area contributed by atoms with Crippen LogP contribution in [0.5, 0.6) is 0 Å². The Hall–Kier alpha value is -1.66. The number of hydrogen-bond donors (Lipinski definition) is 2. The SMILES string of the molecule is Cc1n[nH]c(=O)c(CNC(=O)[C@@H]2C[C@H]2c2ccc(Cl)s2)c1C. The highest BCUT2D eigenvalue weighted by Crippen LogP contribution is 2.50. The number of hydrogen-bond acceptors (Lipinski definition) is 4. The van der Waals surface area contributed by atoms with E-state index in [4.69, 9.17) is 11.6 Å². The van der Waals surface area contributed by atoms with Crippen LogP contribution in [0.4, 0.5) is 0 Å². The zero-order chi connectivity index (χ0) is 15.9. The Morgan fingerprint density at radius 1 is 1.50 bits per heavy atom. The van der Waals surface area contributed by atoms with Crippen molar-refractivity contribution in [3.8, 4) is 0 Å². The highest BCUT2D eigenvalue weighted by Gasteiger charge is 2.44. The van der Waals surface area contributed by atoms with Crippen molar-refractivity contribution in [2.75, 3.05) is 0 Å². The largest absolute Gasteiger partial charge is 0.352 e. The number of aromatic amines is 1. The van der Waals surface area contributed by atoms with Crippen LogP contribution in [0, 0.1) is 19.8 Å². The van der Waals surface area contributed by atoms with Gasteiger partial charge in [-0.25, -0.2) is 5.10 Å². The summed E-state index contributed by atoms with van der Waals surface area (Å²) in [5.41, 5.74) is 1.90. The summed E-state index contributed by atoms with van der Waals surface area (Å²) in [4.78, 5) is 25.2. The first-order valence-electron chi connectivity index (χ1n) is 7.05. The van der Waals surface area contributed by atoms with Crippen molar-refractivity contribution < 1.29 is 4.79 Å². The highest BCUT2D eigenvalue weighted by atomic mass is 35.5. The number of aryl methyl sites for hydroxylation is 1. The topological polar surface area (TPSA) is 74.8 Å². The van der Waals surface area contributed by atoms with Crippen LogP contribution in [-0.2, 0) is 11.3 Å². The molecule has 0 saturated heterocycles. The summed E-state index contributed by atoms with van der Waals surface area (Å²) in [6.45, 7) is 3.90. The van der Waals surface area contributed by atoms with Gasteiger partial charge in [0.15, 0.2) is 0 Å². The highest BCUT2D eigenvalue weighted by molar-refractivity contribution is 7.16. The van der Waals surface area contributed by atoms with Gasteiger partial charge in [0, 0.05) is 28.8 Å². The molecule has 116 valence electrons. The molecule has 0 aliphatic heterocycles. The Labute approximate surface area is 136 Å². The summed E-state index contributed by atoms with van der Waals surface area (Å²) in [5.74, 6) is 0.232. The summed E-state index contributed by atoms with van der Waals surface area (Å²) in [6, 6.07) is 3.84. The van der Waals surface area contributed by atoms with Crippen molar-refractivity contribution in [3.05, 3.63) is 48.5 Å². The van der Waals surface area contributed by atoms with Gasteiger partial charge in [0.05, 0.1) is 10.0 Å². The maximum Gasteiger partial charge on any atom is 0.269 e. The van der Waals surface area contributed by atoms with Crippen molar-refractivity contribution >= 4 is 28.8 Å². The average Bonchev–Trinajstić information content (AvgIpc) is 3.18. The van der Waals surface area contributed by atoms with Gasteiger partial charge in [0.25, 0.3) is 5.56 Å². The second-order valence-electron chi connectivity index (χ2n) is 5.55. The molecule has 0 aromatic carbocycles. The molecule has 7 heteroatoms. The predicted octanol–water partition coefficient (Wildman–Crippen LogP) is 2.52. The Morgan fingerprint density at radius 3 is 2.95 bits per heavy atom. The molecular formula is C15H16ClN3O2S. The van der Waals surface area contributed by atoms with Crippen LogP contribution >= 0.6 is 22.9 Å². The molecule has 3 rings (SSSR count). The van der Waals surface area contributed by atoms with Crippen LogP contribution in [0.2, 0.25) is 4.34 Å². The second-order valence-corrected chi connectivity index (χ2v) is 7.30. The van der Waals surface area contributed by atoms with Crippen LogP contribution in [-0.4, -0.2) is 16.1 Å². The van der Waals surface area contributed by atoms with Crippen LogP contribution in [0.25, 0.3) is 0 Å². The number of carbonyl (C=O) groups excluding carboxylic acids is 1. The maximum absolute atomic E-state index is 12.2. The number of carbonyl (C=O) groups is 1. The quantitative estimate of drug-likeness (QED) is 0.900. The van der Waals surface area contributed by atoms with E-state index in [1.807, 2.05) is 26.0 Å². The summed E-state index contributed by atoms with van der Waals surface area (Å²) in [7, 11) is 0. The number of nitrogens with one attached hydrogen (secondary N) is 2. The molecule has 0 spiro atoms. The predicted molar refractivity (Wildman–Crippen MR) is 86.4 cm³/mol. The fourth-order valence-corrected chi connectivity index (χ4v) is 3.76. The number of H-pyrrole nitrogens is 1. The molecule has 1 aliphatic carbocycles. The van der Waals surface area contributed by atoms with E-state index >= 15 is 0 Å². The van der Waals surface area contributed by atoms with Crippen molar-refractivity contribution in [2.45, 2.75) is 32.7 Å². The van der Waals surface area contributed by atoms with Crippen molar-refractivity contribution in [3.63, 3.8) is 0 Å². The first-order valence-corrected chi connectivity index (χ1v) is 8.24. The van der Waals surface area contributed by atoms with Crippen LogP contribution < -0.4 is 10.9 Å². The molecule has 1 aliphatic rings. The Kier molecular flexibility index (Phi) is 4.06. The average molecular weight is 338 g/mol. The smallest absolute Gasteiger partial charge is 0.269 e. The fourth-order valence-electron chi connectivity index (χ4n) is 2.52. The first-order chi connectivity index (χ1) is 10.5. The number of nitrogens with zero attached hydrogens (tertiary/aromatic N) is 1. The first kappa shape index (κ1) is 15.2. The Balaban J connectivity index is 1.63. The van der Waals surface area contributed by atoms with E-state index in [-0.39, 0.29) is 29.8 Å². The van der Waals surface area contributed by atoms with Gasteiger partial charge in [-0.1, -0.05) is 11.6 Å². The lowest BCUT2D eigenvalue weighted by Crippen LogP contribution is -2.29. The lowest BCUT2D eigenvalue weighted by molar-refractivity contribution is -0.122. The third-order valence-electron chi connectivity index (χ3n) is 4.12. The second kappa shape index (κ2) is 5.85. The van der Waals surface area contributed by atoms with Crippen LogP contribution in [0.1, 0.15) is 34.0 Å². The minimum Gasteiger partial charge on any atom is -0.352 e. The van der Waals surface area contributed by atoms with Crippen LogP contribution in [0.3, 0.4) is 0 Å². The van der Waals surface area contributed by atoms with Gasteiger partial charge in [-0.15, -0.1) is 11.3 Å². The molecule has 5 nitrogen and oxygen atoms in total. The lowest BCUT2D eigenvalue weighted by atomic mass is 10.1. The van der Waals surface area contributed by atoms with E-state index in [0.29, 0.717) is 5.56 Å². The zero-order valence-corrected chi connectivity index (χ0v) is 13.8. The molecule has 2 heterocycles. The number of thiophene rings is 1. The molecular weight excluding hydrogens is 322 g/mol. The van der Waals surface area contributed by atoms with Crippen molar-refractivity contribution in [1.29, 1.82) is 0 Å². The molecule has 0 radical (unpaired) electrons. The van der Waals surface area contributed by atoms with E-state index in [1.165, 1.54) is 11.3 Å². The van der Waals surface area contributed by atoms with Crippen molar-refractivity contribution in [1.82, 2.24) is 15.5 Å². The molecule has 22 heavy (non-hydrogen) atoms. The molecule has 2 aromatic rings. The molecule has 2 aromatic heterocycles. The molecule has 1 amide bonds. The monoisotopic (exact) mass is 337 g/mol. The van der Waals surface area contributed by atoms with Gasteiger partial charge in [-0.2, -0.15) is 5.10 Å². The molecule has 1 saturated carbocycles. The Bertz CT molecular complexity index is 783. The lowest BCUT2D eigenvalue weighted by Gasteiger charge is -2.08. The summed E-state index contributed by atoms with van der Waals surface area (Å²) in [5, 5.41) is 9.21.